The molecule has 26 heavy (non-hydrogen) atoms. The second-order valence-corrected chi connectivity index (χ2v) is 9.23. The number of rotatable bonds is 5. The standard InChI is InChI=1S/C13H13F6NO4S2/c1-20(2)10-5-3-9(4-6-10)7-11(26(23,24)13(17,18)19)8-25(21,22)12(14,15)16/h3-7H,8H2,1-2H3. The summed E-state index contributed by atoms with van der Waals surface area (Å²) in [6, 6.07) is 5.01. The van der Waals surface area contributed by atoms with Crippen LogP contribution >= 0.6 is 0 Å². The molecule has 0 unspecified atom stereocenters. The summed E-state index contributed by atoms with van der Waals surface area (Å²) in [5.74, 6) is -2.35. The van der Waals surface area contributed by atoms with Crippen LogP contribution in [0.5, 0.6) is 0 Å². The lowest BCUT2D eigenvalue weighted by molar-refractivity contribution is -0.0446. The highest BCUT2D eigenvalue weighted by atomic mass is 32.2. The van der Waals surface area contributed by atoms with Gasteiger partial charge in [0.2, 0.25) is 0 Å². The lowest BCUT2D eigenvalue weighted by atomic mass is 10.2. The molecule has 1 aromatic carbocycles. The minimum absolute atomic E-state index is 0.212. The summed E-state index contributed by atoms with van der Waals surface area (Å²) < 4.78 is 121. The molecule has 5 nitrogen and oxygen atoms in total. The van der Waals surface area contributed by atoms with E-state index < -0.39 is 41.3 Å². The van der Waals surface area contributed by atoms with Gasteiger partial charge in [-0.25, -0.2) is 16.8 Å². The Labute approximate surface area is 145 Å². The first-order valence-electron chi connectivity index (χ1n) is 6.57. The molecule has 0 spiro atoms. The maximum atomic E-state index is 12.7. The SMILES string of the molecule is CN(C)c1ccc(C=C(CS(=O)(=O)C(F)(F)F)S(=O)(=O)C(F)(F)F)cc1. The van der Waals surface area contributed by atoms with Crippen LogP contribution < -0.4 is 4.90 Å². The van der Waals surface area contributed by atoms with Crippen LogP contribution in [0.4, 0.5) is 32.0 Å². The lowest BCUT2D eigenvalue weighted by Crippen LogP contribution is -2.32. The third-order valence-electron chi connectivity index (χ3n) is 3.07. The van der Waals surface area contributed by atoms with E-state index in [9.17, 15) is 43.2 Å². The molecular formula is C13H13F6NO4S2. The average molecular weight is 425 g/mol. The molecule has 0 aliphatic rings. The number of hydrogen-bond acceptors (Lipinski definition) is 5. The van der Waals surface area contributed by atoms with E-state index in [0.29, 0.717) is 5.69 Å². The van der Waals surface area contributed by atoms with Gasteiger partial charge in [-0.1, -0.05) is 12.1 Å². The molecule has 0 saturated heterocycles. The highest BCUT2D eigenvalue weighted by Gasteiger charge is 2.53. The van der Waals surface area contributed by atoms with Gasteiger partial charge in [-0.05, 0) is 23.8 Å². The molecule has 1 aromatic rings. The van der Waals surface area contributed by atoms with E-state index in [2.05, 4.69) is 0 Å². The van der Waals surface area contributed by atoms with E-state index in [1.807, 2.05) is 0 Å². The van der Waals surface area contributed by atoms with Crippen LogP contribution in [-0.2, 0) is 19.7 Å². The van der Waals surface area contributed by atoms with Gasteiger partial charge in [-0.2, -0.15) is 26.3 Å². The predicted octanol–water partition coefficient (Wildman–Crippen LogP) is 2.96. The maximum Gasteiger partial charge on any atom is 0.501 e. The Morgan fingerprint density at radius 2 is 1.38 bits per heavy atom. The van der Waals surface area contributed by atoms with Gasteiger partial charge in [0, 0.05) is 19.8 Å². The quantitative estimate of drug-likeness (QED) is 0.679. The zero-order valence-corrected chi connectivity index (χ0v) is 14.9. The molecule has 1 rings (SSSR count). The van der Waals surface area contributed by atoms with Gasteiger partial charge < -0.3 is 4.90 Å². The van der Waals surface area contributed by atoms with Gasteiger partial charge in [0.25, 0.3) is 19.7 Å². The summed E-state index contributed by atoms with van der Waals surface area (Å²) in [5, 5.41) is 0. The molecule has 0 aliphatic carbocycles. The molecule has 0 aromatic heterocycles. The average Bonchev–Trinajstić information content (AvgIpc) is 2.44. The van der Waals surface area contributed by atoms with Gasteiger partial charge in [0.15, 0.2) is 0 Å². The van der Waals surface area contributed by atoms with Gasteiger partial charge >= 0.3 is 11.0 Å². The lowest BCUT2D eigenvalue weighted by Gasteiger charge is -2.15. The smallest absolute Gasteiger partial charge is 0.378 e. The minimum Gasteiger partial charge on any atom is -0.378 e. The van der Waals surface area contributed by atoms with Gasteiger partial charge in [-0.15, -0.1) is 0 Å². The van der Waals surface area contributed by atoms with Crippen LogP contribution in [0.15, 0.2) is 29.2 Å². The molecular weight excluding hydrogens is 412 g/mol. The summed E-state index contributed by atoms with van der Waals surface area (Å²) in [5.41, 5.74) is -11.5. The first kappa shape index (κ1) is 22.3. The van der Waals surface area contributed by atoms with Crippen molar-refractivity contribution in [1.29, 1.82) is 0 Å². The van der Waals surface area contributed by atoms with Crippen molar-refractivity contribution in [2.24, 2.45) is 0 Å². The highest BCUT2D eigenvalue weighted by molar-refractivity contribution is 7.99. The Morgan fingerprint density at radius 3 is 1.73 bits per heavy atom. The first-order chi connectivity index (χ1) is 11.5. The van der Waals surface area contributed by atoms with E-state index in [1.165, 1.54) is 12.1 Å². The third-order valence-corrected chi connectivity index (χ3v) is 6.21. The summed E-state index contributed by atoms with van der Waals surface area (Å²) in [6.45, 7) is 0. The summed E-state index contributed by atoms with van der Waals surface area (Å²) in [6.07, 6.45) is 0.256. The molecule has 0 bridgehead atoms. The van der Waals surface area contributed by atoms with Crippen molar-refractivity contribution >= 4 is 31.4 Å². The summed E-state index contributed by atoms with van der Waals surface area (Å²) in [7, 11) is -9.14. The molecule has 0 amide bonds. The largest absolute Gasteiger partial charge is 0.501 e. The second kappa shape index (κ2) is 7.10. The number of sulfone groups is 2. The van der Waals surface area contributed by atoms with E-state index in [1.54, 1.807) is 19.0 Å². The maximum absolute atomic E-state index is 12.7. The molecule has 148 valence electrons. The fraction of sp³-hybridized carbons (Fsp3) is 0.385. The fourth-order valence-corrected chi connectivity index (χ4v) is 3.97. The van der Waals surface area contributed by atoms with Gasteiger partial charge in [-0.3, -0.25) is 0 Å². The zero-order chi connectivity index (χ0) is 20.6. The molecule has 13 heteroatoms. The Kier molecular flexibility index (Phi) is 6.08. The fourth-order valence-electron chi connectivity index (χ4n) is 1.67. The molecule has 0 atom stereocenters. The number of hydrogen-bond donors (Lipinski definition) is 0. The second-order valence-electron chi connectivity index (χ2n) is 5.25. The van der Waals surface area contributed by atoms with Crippen molar-refractivity contribution in [3.05, 3.63) is 34.7 Å². The highest BCUT2D eigenvalue weighted by Crippen LogP contribution is 2.34. The van der Waals surface area contributed by atoms with E-state index in [0.717, 1.165) is 12.1 Å². The van der Waals surface area contributed by atoms with Crippen LogP contribution in [-0.4, -0.2) is 47.7 Å². The Morgan fingerprint density at radius 1 is 0.923 bits per heavy atom. The summed E-state index contributed by atoms with van der Waals surface area (Å²) in [4.78, 5) is -0.311. The van der Waals surface area contributed by atoms with E-state index >= 15 is 0 Å². The zero-order valence-electron chi connectivity index (χ0n) is 13.3. The number of nitrogens with zero attached hydrogens (tertiary/aromatic N) is 1. The van der Waals surface area contributed by atoms with Crippen molar-refractivity contribution in [3.8, 4) is 0 Å². The minimum atomic E-state index is -6.29. The van der Waals surface area contributed by atoms with Crippen LogP contribution in [0, 0.1) is 0 Å². The molecule has 0 fully saturated rings. The molecule has 0 saturated carbocycles. The van der Waals surface area contributed by atoms with Crippen molar-refractivity contribution in [1.82, 2.24) is 0 Å². The van der Waals surface area contributed by atoms with Crippen molar-refractivity contribution in [3.63, 3.8) is 0 Å². The normalized spacial score (nSPS) is 14.4. The summed E-state index contributed by atoms with van der Waals surface area (Å²) >= 11 is 0. The van der Waals surface area contributed by atoms with Crippen LogP contribution in [0.2, 0.25) is 0 Å². The van der Waals surface area contributed by atoms with Gasteiger partial charge in [0.05, 0.1) is 10.7 Å². The number of benzene rings is 1. The van der Waals surface area contributed by atoms with Crippen molar-refractivity contribution < 1.29 is 43.2 Å². The van der Waals surface area contributed by atoms with Crippen LogP contribution in [0.1, 0.15) is 5.56 Å². The predicted molar refractivity (Wildman–Crippen MR) is 83.6 cm³/mol. The molecule has 0 aliphatic heterocycles. The Balaban J connectivity index is 3.51. The Hall–Kier alpha value is -1.76. The van der Waals surface area contributed by atoms with Gasteiger partial charge in [0.1, 0.15) is 0 Å². The monoisotopic (exact) mass is 425 g/mol. The topological polar surface area (TPSA) is 71.5 Å². The van der Waals surface area contributed by atoms with Crippen LogP contribution in [0.25, 0.3) is 6.08 Å². The molecule has 0 radical (unpaired) electrons. The van der Waals surface area contributed by atoms with Crippen molar-refractivity contribution in [2.45, 2.75) is 11.0 Å². The molecule has 0 heterocycles. The number of anilines is 1. The number of alkyl halides is 6. The number of halogens is 6. The molecule has 0 N–H and O–H groups in total. The van der Waals surface area contributed by atoms with E-state index in [4.69, 9.17) is 0 Å². The van der Waals surface area contributed by atoms with E-state index in [-0.39, 0.29) is 11.6 Å². The first-order valence-corrected chi connectivity index (χ1v) is 9.71. The van der Waals surface area contributed by atoms with Crippen LogP contribution in [0.3, 0.4) is 0 Å². The van der Waals surface area contributed by atoms with Crippen molar-refractivity contribution in [2.75, 3.05) is 24.7 Å². The third kappa shape index (κ3) is 4.90. The Bertz CT molecular complexity index is 882.